The second-order valence-corrected chi connectivity index (χ2v) is 4.68. The third kappa shape index (κ3) is 6.47. The van der Waals surface area contributed by atoms with E-state index in [1.165, 1.54) is 0 Å². The lowest BCUT2D eigenvalue weighted by atomic mass is 9.85. The molecule has 1 aliphatic rings. The van der Waals surface area contributed by atoms with E-state index in [1.807, 2.05) is 14.0 Å². The topological polar surface area (TPSA) is 58.2 Å². The molecule has 20 heavy (non-hydrogen) atoms. The Balaban J connectivity index is 1.91. The molecule has 0 radical (unpaired) electrons. The molecular weight excluding hydrogens is 262 g/mol. The van der Waals surface area contributed by atoms with Gasteiger partial charge in [0.2, 0.25) is 0 Å². The molecule has 6 nitrogen and oxygen atoms in total. The molecule has 1 aliphatic carbocycles. The fourth-order valence-corrected chi connectivity index (χ4v) is 2.17. The summed E-state index contributed by atoms with van der Waals surface area (Å²) in [6.07, 6.45) is 1.36. The summed E-state index contributed by atoms with van der Waals surface area (Å²) in [5.74, 6) is 0. The number of nitrogens with one attached hydrogen (secondary N) is 1. The van der Waals surface area contributed by atoms with Gasteiger partial charge < -0.3 is 29.0 Å². The largest absolute Gasteiger partial charge is 0.382 e. The van der Waals surface area contributed by atoms with Gasteiger partial charge in [0.15, 0.2) is 0 Å². The van der Waals surface area contributed by atoms with Crippen LogP contribution in [0, 0.1) is 0 Å². The van der Waals surface area contributed by atoms with Crippen LogP contribution in [0.3, 0.4) is 0 Å². The third-order valence-electron chi connectivity index (χ3n) is 3.34. The maximum atomic E-state index is 5.77. The molecule has 0 bridgehead atoms. The lowest BCUT2D eigenvalue weighted by molar-refractivity contribution is -0.150. The average Bonchev–Trinajstić information content (AvgIpc) is 2.45. The first-order valence-electron chi connectivity index (χ1n) is 7.38. The van der Waals surface area contributed by atoms with Crippen LogP contribution in [0.2, 0.25) is 0 Å². The minimum atomic E-state index is 0.169. The number of rotatable bonds is 13. The van der Waals surface area contributed by atoms with Crippen LogP contribution in [0.4, 0.5) is 0 Å². The summed E-state index contributed by atoms with van der Waals surface area (Å²) in [7, 11) is 3.62. The van der Waals surface area contributed by atoms with Crippen molar-refractivity contribution in [1.82, 2.24) is 5.32 Å². The predicted octanol–water partition coefficient (Wildman–Crippen LogP) is 0.448. The molecule has 1 saturated carbocycles. The molecule has 1 fully saturated rings. The molecule has 0 aliphatic heterocycles. The van der Waals surface area contributed by atoms with Gasteiger partial charge in [-0.1, -0.05) is 0 Å². The Labute approximate surface area is 122 Å². The van der Waals surface area contributed by atoms with Gasteiger partial charge in [0, 0.05) is 19.8 Å². The normalized spacial score (nSPS) is 25.6. The van der Waals surface area contributed by atoms with E-state index in [4.69, 9.17) is 23.7 Å². The summed E-state index contributed by atoms with van der Waals surface area (Å²) in [6, 6.07) is 0.412. The van der Waals surface area contributed by atoms with E-state index < -0.39 is 0 Å². The molecule has 1 N–H and O–H groups in total. The standard InChI is InChI=1S/C14H29NO5/c1-4-19-14-12(15-2)11-13(14)20-10-9-18-8-7-17-6-5-16-3/h12-15H,4-11H2,1-3H3. The maximum Gasteiger partial charge on any atom is 0.0990 e. The zero-order valence-corrected chi connectivity index (χ0v) is 12.9. The zero-order valence-electron chi connectivity index (χ0n) is 12.9. The molecule has 0 amide bonds. The molecule has 120 valence electrons. The van der Waals surface area contributed by atoms with Gasteiger partial charge in [0.05, 0.1) is 51.8 Å². The Morgan fingerprint density at radius 3 is 2.20 bits per heavy atom. The molecule has 0 heterocycles. The first-order valence-corrected chi connectivity index (χ1v) is 7.38. The van der Waals surface area contributed by atoms with Crippen LogP contribution in [0.5, 0.6) is 0 Å². The van der Waals surface area contributed by atoms with E-state index in [0.29, 0.717) is 45.7 Å². The lowest BCUT2D eigenvalue weighted by Gasteiger charge is -2.43. The summed E-state index contributed by atoms with van der Waals surface area (Å²) in [4.78, 5) is 0. The highest BCUT2D eigenvalue weighted by Crippen LogP contribution is 2.26. The molecule has 0 aromatic heterocycles. The summed E-state index contributed by atoms with van der Waals surface area (Å²) < 4.78 is 27.0. The monoisotopic (exact) mass is 291 g/mol. The molecule has 6 heteroatoms. The van der Waals surface area contributed by atoms with Gasteiger partial charge in [-0.05, 0) is 20.4 Å². The van der Waals surface area contributed by atoms with Crippen LogP contribution in [0.25, 0.3) is 0 Å². The Morgan fingerprint density at radius 2 is 1.60 bits per heavy atom. The zero-order chi connectivity index (χ0) is 14.6. The highest BCUT2D eigenvalue weighted by atomic mass is 16.6. The number of hydrogen-bond donors (Lipinski definition) is 1. The van der Waals surface area contributed by atoms with Crippen molar-refractivity contribution in [3.8, 4) is 0 Å². The van der Waals surface area contributed by atoms with Crippen molar-refractivity contribution in [2.24, 2.45) is 0 Å². The van der Waals surface area contributed by atoms with Crippen LogP contribution in [-0.2, 0) is 23.7 Å². The molecule has 0 aromatic carbocycles. The molecule has 3 unspecified atom stereocenters. The Bertz CT molecular complexity index is 230. The van der Waals surface area contributed by atoms with Crippen LogP contribution in [0.1, 0.15) is 13.3 Å². The number of hydrogen-bond acceptors (Lipinski definition) is 6. The molecule has 3 atom stereocenters. The second-order valence-electron chi connectivity index (χ2n) is 4.68. The van der Waals surface area contributed by atoms with Crippen molar-refractivity contribution in [2.45, 2.75) is 31.6 Å². The predicted molar refractivity (Wildman–Crippen MR) is 76.1 cm³/mol. The fourth-order valence-electron chi connectivity index (χ4n) is 2.17. The molecule has 0 saturated heterocycles. The lowest BCUT2D eigenvalue weighted by Crippen LogP contribution is -2.59. The third-order valence-corrected chi connectivity index (χ3v) is 3.34. The van der Waals surface area contributed by atoms with Crippen molar-refractivity contribution in [3.63, 3.8) is 0 Å². The maximum absolute atomic E-state index is 5.77. The molecule has 0 aromatic rings. The van der Waals surface area contributed by atoms with Gasteiger partial charge >= 0.3 is 0 Å². The van der Waals surface area contributed by atoms with Crippen LogP contribution in [-0.4, -0.2) is 78.7 Å². The molecule has 0 spiro atoms. The fraction of sp³-hybridized carbons (Fsp3) is 1.00. The summed E-state index contributed by atoms with van der Waals surface area (Å²) >= 11 is 0. The first kappa shape index (κ1) is 17.8. The Hall–Kier alpha value is -0.240. The van der Waals surface area contributed by atoms with E-state index in [1.54, 1.807) is 7.11 Å². The van der Waals surface area contributed by atoms with Gasteiger partial charge in [-0.25, -0.2) is 0 Å². The number of methoxy groups -OCH3 is 1. The van der Waals surface area contributed by atoms with E-state index in [2.05, 4.69) is 5.32 Å². The minimum absolute atomic E-state index is 0.169. The highest BCUT2D eigenvalue weighted by Gasteiger charge is 2.41. The first-order chi connectivity index (χ1) is 9.83. The number of ether oxygens (including phenoxy) is 5. The van der Waals surface area contributed by atoms with Crippen LogP contribution >= 0.6 is 0 Å². The number of likely N-dealkylation sites (N-methyl/N-ethyl adjacent to an activating group) is 1. The Kier molecular flexibility index (Phi) is 10.2. The molecule has 1 rings (SSSR count). The van der Waals surface area contributed by atoms with Gasteiger partial charge in [-0.3, -0.25) is 0 Å². The minimum Gasteiger partial charge on any atom is -0.382 e. The van der Waals surface area contributed by atoms with E-state index in [-0.39, 0.29) is 12.2 Å². The summed E-state index contributed by atoms with van der Waals surface area (Å²) in [6.45, 7) is 6.33. The smallest absolute Gasteiger partial charge is 0.0990 e. The molecular formula is C14H29NO5. The van der Waals surface area contributed by atoms with E-state index >= 15 is 0 Å². The SMILES string of the molecule is CCOC1C(NC)CC1OCCOCCOCCOC. The van der Waals surface area contributed by atoms with Crippen molar-refractivity contribution in [2.75, 3.05) is 60.4 Å². The van der Waals surface area contributed by atoms with Gasteiger partial charge in [-0.15, -0.1) is 0 Å². The van der Waals surface area contributed by atoms with Crippen molar-refractivity contribution in [3.05, 3.63) is 0 Å². The highest BCUT2D eigenvalue weighted by molar-refractivity contribution is 4.96. The van der Waals surface area contributed by atoms with Gasteiger partial charge in [0.1, 0.15) is 0 Å². The van der Waals surface area contributed by atoms with Crippen molar-refractivity contribution < 1.29 is 23.7 Å². The summed E-state index contributed by atoms with van der Waals surface area (Å²) in [5.41, 5.74) is 0. The quantitative estimate of drug-likeness (QED) is 0.497. The van der Waals surface area contributed by atoms with E-state index in [0.717, 1.165) is 13.0 Å². The van der Waals surface area contributed by atoms with Crippen LogP contribution in [0.15, 0.2) is 0 Å². The van der Waals surface area contributed by atoms with Crippen molar-refractivity contribution in [1.29, 1.82) is 0 Å². The Morgan fingerprint density at radius 1 is 0.950 bits per heavy atom. The summed E-state index contributed by atoms with van der Waals surface area (Å²) in [5, 5.41) is 3.24. The van der Waals surface area contributed by atoms with Gasteiger partial charge in [0.25, 0.3) is 0 Å². The van der Waals surface area contributed by atoms with Gasteiger partial charge in [-0.2, -0.15) is 0 Å². The average molecular weight is 291 g/mol. The second kappa shape index (κ2) is 11.4. The van der Waals surface area contributed by atoms with Crippen LogP contribution < -0.4 is 5.32 Å². The van der Waals surface area contributed by atoms with E-state index in [9.17, 15) is 0 Å². The van der Waals surface area contributed by atoms with Crippen molar-refractivity contribution >= 4 is 0 Å².